The highest BCUT2D eigenvalue weighted by atomic mass is 16.5. The van der Waals surface area contributed by atoms with Crippen molar-refractivity contribution >= 4 is 22.6 Å². The van der Waals surface area contributed by atoms with Crippen LogP contribution in [0.3, 0.4) is 0 Å². The molecule has 0 fully saturated rings. The van der Waals surface area contributed by atoms with Crippen LogP contribution in [0.25, 0.3) is 22.2 Å². The van der Waals surface area contributed by atoms with Crippen LogP contribution in [0.1, 0.15) is 33.0 Å². The fourth-order valence-electron chi connectivity index (χ4n) is 3.79. The topological polar surface area (TPSA) is 77.1 Å². The van der Waals surface area contributed by atoms with Gasteiger partial charge in [-0.15, -0.1) is 0 Å². The van der Waals surface area contributed by atoms with Crippen molar-refractivity contribution in [3.05, 3.63) is 77.7 Å². The number of rotatable bonds is 4. The summed E-state index contributed by atoms with van der Waals surface area (Å²) in [6.07, 6.45) is 1.00. The van der Waals surface area contributed by atoms with E-state index in [0.717, 1.165) is 29.4 Å². The Bertz CT molecular complexity index is 1220. The molecule has 4 aromatic rings. The number of carbonyl (C=O) groups is 2. The van der Waals surface area contributed by atoms with Crippen molar-refractivity contribution in [2.24, 2.45) is 0 Å². The Labute approximate surface area is 167 Å². The predicted octanol–water partition coefficient (Wildman–Crippen LogP) is 3.86. The minimum Gasteiger partial charge on any atom is -0.360 e. The SMILES string of the molecule is O=C(Cc1cc(-c2ccccc2)no1)c1ccc2cc3n(c2c1)CCCNC3=O. The first-order chi connectivity index (χ1) is 14.2. The predicted molar refractivity (Wildman–Crippen MR) is 109 cm³/mol. The third kappa shape index (κ3) is 3.23. The van der Waals surface area contributed by atoms with Gasteiger partial charge in [0.15, 0.2) is 5.78 Å². The van der Waals surface area contributed by atoms with E-state index in [2.05, 4.69) is 10.5 Å². The number of amides is 1. The largest absolute Gasteiger partial charge is 0.360 e. The smallest absolute Gasteiger partial charge is 0.267 e. The van der Waals surface area contributed by atoms with E-state index in [9.17, 15) is 9.59 Å². The summed E-state index contributed by atoms with van der Waals surface area (Å²) in [6.45, 7) is 1.41. The molecule has 0 saturated carbocycles. The third-order valence-corrected chi connectivity index (χ3v) is 5.27. The Balaban J connectivity index is 1.42. The molecule has 1 aliphatic heterocycles. The van der Waals surface area contributed by atoms with E-state index in [1.807, 2.05) is 53.1 Å². The number of ketones is 1. The van der Waals surface area contributed by atoms with Crippen LogP contribution in [-0.2, 0) is 13.0 Å². The highest BCUT2D eigenvalue weighted by Crippen LogP contribution is 2.25. The number of Topliss-reactive ketones (excluding diaryl/α,β-unsaturated/α-hetero) is 1. The number of hydrogen-bond donors (Lipinski definition) is 1. The number of aryl methyl sites for hydroxylation is 1. The van der Waals surface area contributed by atoms with Crippen molar-refractivity contribution in [2.75, 3.05) is 6.54 Å². The molecule has 0 bridgehead atoms. The van der Waals surface area contributed by atoms with Crippen LogP contribution in [0.2, 0.25) is 0 Å². The van der Waals surface area contributed by atoms with Gasteiger partial charge in [0.25, 0.3) is 5.91 Å². The summed E-state index contributed by atoms with van der Waals surface area (Å²) in [6, 6.07) is 19.0. The molecule has 6 heteroatoms. The van der Waals surface area contributed by atoms with Crippen molar-refractivity contribution in [2.45, 2.75) is 19.4 Å². The third-order valence-electron chi connectivity index (χ3n) is 5.27. The molecular weight excluding hydrogens is 366 g/mol. The van der Waals surface area contributed by atoms with Gasteiger partial charge < -0.3 is 14.4 Å². The van der Waals surface area contributed by atoms with E-state index in [4.69, 9.17) is 4.52 Å². The van der Waals surface area contributed by atoms with E-state index in [0.29, 0.717) is 29.3 Å². The molecule has 0 atom stereocenters. The summed E-state index contributed by atoms with van der Waals surface area (Å²) < 4.78 is 7.37. The van der Waals surface area contributed by atoms with Crippen LogP contribution >= 0.6 is 0 Å². The number of benzene rings is 2. The summed E-state index contributed by atoms with van der Waals surface area (Å²) in [5, 5.41) is 7.93. The van der Waals surface area contributed by atoms with Gasteiger partial charge in [-0.3, -0.25) is 9.59 Å². The molecule has 0 saturated heterocycles. The standard InChI is InChI=1S/C23H19N3O3/c27-22(14-18-13-19(25-29-18)15-5-2-1-3-6-15)17-8-7-16-11-21-23(28)24-9-4-10-26(21)20(16)12-17/h1-3,5-8,11-13H,4,9-10,14H2,(H,24,28). The molecule has 2 aromatic heterocycles. The summed E-state index contributed by atoms with van der Waals surface area (Å²) in [5.74, 6) is 0.417. The van der Waals surface area contributed by atoms with Gasteiger partial charge in [0.1, 0.15) is 17.1 Å². The fraction of sp³-hybridized carbons (Fsp3) is 0.174. The van der Waals surface area contributed by atoms with Gasteiger partial charge in [0, 0.05) is 41.2 Å². The minimum atomic E-state index is -0.0679. The maximum absolute atomic E-state index is 12.8. The van der Waals surface area contributed by atoms with Gasteiger partial charge in [-0.25, -0.2) is 0 Å². The lowest BCUT2D eigenvalue weighted by Crippen LogP contribution is -2.22. The molecule has 0 unspecified atom stereocenters. The van der Waals surface area contributed by atoms with E-state index in [1.165, 1.54) is 0 Å². The highest BCUT2D eigenvalue weighted by molar-refractivity contribution is 6.03. The first-order valence-electron chi connectivity index (χ1n) is 9.65. The molecule has 0 radical (unpaired) electrons. The fourth-order valence-corrected chi connectivity index (χ4v) is 3.79. The average molecular weight is 385 g/mol. The number of carbonyl (C=O) groups excluding carboxylic acids is 2. The van der Waals surface area contributed by atoms with E-state index in [1.54, 1.807) is 12.1 Å². The van der Waals surface area contributed by atoms with Crippen molar-refractivity contribution in [1.29, 1.82) is 0 Å². The average Bonchev–Trinajstić information content (AvgIpc) is 3.31. The van der Waals surface area contributed by atoms with Crippen molar-refractivity contribution in [3.8, 4) is 11.3 Å². The summed E-state index contributed by atoms with van der Waals surface area (Å²) in [5.41, 5.74) is 3.81. The first-order valence-corrected chi connectivity index (χ1v) is 9.65. The Hall–Kier alpha value is -3.67. The minimum absolute atomic E-state index is 0.0451. The van der Waals surface area contributed by atoms with Gasteiger partial charge >= 0.3 is 0 Å². The maximum Gasteiger partial charge on any atom is 0.267 e. The summed E-state index contributed by atoms with van der Waals surface area (Å²) in [7, 11) is 0. The number of nitrogens with zero attached hydrogens (tertiary/aromatic N) is 2. The normalized spacial score (nSPS) is 13.7. The van der Waals surface area contributed by atoms with E-state index in [-0.39, 0.29) is 18.1 Å². The van der Waals surface area contributed by atoms with Crippen molar-refractivity contribution in [1.82, 2.24) is 15.0 Å². The molecule has 0 spiro atoms. The lowest BCUT2D eigenvalue weighted by atomic mass is 10.0. The lowest BCUT2D eigenvalue weighted by molar-refractivity contribution is 0.0949. The molecule has 1 aliphatic rings. The van der Waals surface area contributed by atoms with Gasteiger partial charge in [0.2, 0.25) is 0 Å². The maximum atomic E-state index is 12.8. The van der Waals surface area contributed by atoms with Crippen LogP contribution in [-0.4, -0.2) is 28.0 Å². The quantitative estimate of drug-likeness (QED) is 0.541. The molecule has 144 valence electrons. The number of nitrogens with one attached hydrogen (secondary N) is 1. The molecule has 0 aliphatic carbocycles. The van der Waals surface area contributed by atoms with Gasteiger partial charge in [0.05, 0.1) is 6.42 Å². The molecule has 5 rings (SSSR count). The first kappa shape index (κ1) is 17.4. The summed E-state index contributed by atoms with van der Waals surface area (Å²) in [4.78, 5) is 25.1. The molecule has 2 aromatic carbocycles. The zero-order valence-corrected chi connectivity index (χ0v) is 15.7. The van der Waals surface area contributed by atoms with E-state index >= 15 is 0 Å². The Morgan fingerprint density at radius 2 is 1.97 bits per heavy atom. The van der Waals surface area contributed by atoms with E-state index < -0.39 is 0 Å². The zero-order chi connectivity index (χ0) is 19.8. The van der Waals surface area contributed by atoms with Crippen LogP contribution in [0.5, 0.6) is 0 Å². The van der Waals surface area contributed by atoms with Gasteiger partial charge in [-0.2, -0.15) is 0 Å². The van der Waals surface area contributed by atoms with Crippen molar-refractivity contribution in [3.63, 3.8) is 0 Å². The zero-order valence-electron chi connectivity index (χ0n) is 15.7. The number of fused-ring (bicyclic) bond motifs is 3. The lowest BCUT2D eigenvalue weighted by Gasteiger charge is -2.06. The van der Waals surface area contributed by atoms with Gasteiger partial charge in [-0.05, 0) is 18.6 Å². The Kier molecular flexibility index (Phi) is 4.24. The molecule has 6 nitrogen and oxygen atoms in total. The molecule has 29 heavy (non-hydrogen) atoms. The molecule has 1 N–H and O–H groups in total. The second kappa shape index (κ2) is 7.05. The van der Waals surface area contributed by atoms with Gasteiger partial charge in [-0.1, -0.05) is 47.6 Å². The Morgan fingerprint density at radius 3 is 2.83 bits per heavy atom. The number of hydrogen-bond acceptors (Lipinski definition) is 4. The van der Waals surface area contributed by atoms with Crippen LogP contribution < -0.4 is 5.32 Å². The summed E-state index contributed by atoms with van der Waals surface area (Å²) >= 11 is 0. The molecule has 3 heterocycles. The second-order valence-corrected chi connectivity index (χ2v) is 7.21. The van der Waals surface area contributed by atoms with Crippen LogP contribution in [0.4, 0.5) is 0 Å². The molecule has 1 amide bonds. The molecular formula is C23H19N3O3. The second-order valence-electron chi connectivity index (χ2n) is 7.21. The van der Waals surface area contributed by atoms with Crippen LogP contribution in [0, 0.1) is 0 Å². The van der Waals surface area contributed by atoms with Crippen molar-refractivity contribution < 1.29 is 14.1 Å². The van der Waals surface area contributed by atoms with Crippen LogP contribution in [0.15, 0.2) is 65.2 Å². The Morgan fingerprint density at radius 1 is 1.10 bits per heavy atom. The number of aromatic nitrogens is 2. The highest BCUT2D eigenvalue weighted by Gasteiger charge is 2.19. The monoisotopic (exact) mass is 385 g/mol.